The highest BCUT2D eigenvalue weighted by Gasteiger charge is 2.20. The van der Waals surface area contributed by atoms with Crippen LogP contribution in [0.2, 0.25) is 0 Å². The average Bonchev–Trinajstić information content (AvgIpc) is 2.72. The molecular weight excluding hydrogens is 467 g/mol. The molecule has 1 amide bonds. The van der Waals surface area contributed by atoms with E-state index >= 15 is 0 Å². The molecule has 0 aliphatic carbocycles. The van der Waals surface area contributed by atoms with Gasteiger partial charge in [0.05, 0.1) is 19.8 Å². The minimum absolute atomic E-state index is 0.101. The second-order valence-corrected chi connectivity index (χ2v) is 7.62. The van der Waals surface area contributed by atoms with Gasteiger partial charge < -0.3 is 14.8 Å². The van der Waals surface area contributed by atoms with Crippen LogP contribution in [0.25, 0.3) is 0 Å². The zero-order valence-corrected chi connectivity index (χ0v) is 19.2. The van der Waals surface area contributed by atoms with E-state index in [0.717, 1.165) is 23.1 Å². The molecule has 0 aliphatic rings. The summed E-state index contributed by atoms with van der Waals surface area (Å²) in [5.74, 6) is 1.07. The predicted octanol–water partition coefficient (Wildman–Crippen LogP) is 3.99. The molecule has 0 aliphatic heterocycles. The Morgan fingerprint density at radius 2 is 1.68 bits per heavy atom. The number of benzene rings is 2. The highest BCUT2D eigenvalue weighted by atomic mass is 127. The summed E-state index contributed by atoms with van der Waals surface area (Å²) in [6.07, 6.45) is 0.895. The number of nitrogens with zero attached hydrogens (tertiary/aromatic N) is 1. The molecule has 1 unspecified atom stereocenters. The fraction of sp³-hybridized carbons (Fsp3) is 0.409. The molecule has 2 aromatic rings. The van der Waals surface area contributed by atoms with Crippen molar-refractivity contribution in [2.75, 3.05) is 33.9 Å². The number of rotatable bonds is 10. The van der Waals surface area contributed by atoms with Crippen molar-refractivity contribution < 1.29 is 14.3 Å². The molecule has 0 aromatic heterocycles. The molecule has 0 saturated carbocycles. The normalized spacial score (nSPS) is 11.9. The van der Waals surface area contributed by atoms with Crippen molar-refractivity contribution in [3.63, 3.8) is 0 Å². The van der Waals surface area contributed by atoms with Crippen molar-refractivity contribution in [2.24, 2.45) is 0 Å². The van der Waals surface area contributed by atoms with Gasteiger partial charge in [0.2, 0.25) is 0 Å². The number of amides is 1. The van der Waals surface area contributed by atoms with E-state index in [9.17, 15) is 4.79 Å². The number of halogens is 1. The molecule has 5 nitrogen and oxygen atoms in total. The van der Waals surface area contributed by atoms with Crippen molar-refractivity contribution >= 4 is 28.5 Å². The van der Waals surface area contributed by atoms with E-state index in [-0.39, 0.29) is 11.9 Å². The largest absolute Gasteiger partial charge is 0.493 e. The summed E-state index contributed by atoms with van der Waals surface area (Å²) in [4.78, 5) is 15.2. The van der Waals surface area contributed by atoms with Crippen molar-refractivity contribution in [1.82, 2.24) is 10.2 Å². The molecule has 0 spiro atoms. The first kappa shape index (κ1) is 22.5. The van der Waals surface area contributed by atoms with Crippen LogP contribution in [-0.2, 0) is 6.42 Å². The van der Waals surface area contributed by atoms with Gasteiger partial charge in [0.25, 0.3) is 5.91 Å². The summed E-state index contributed by atoms with van der Waals surface area (Å²) in [5, 5.41) is 3.12. The number of hydrogen-bond donors (Lipinski definition) is 1. The number of nitrogens with one attached hydrogen (secondary N) is 1. The summed E-state index contributed by atoms with van der Waals surface area (Å²) >= 11 is 2.15. The highest BCUT2D eigenvalue weighted by Crippen LogP contribution is 2.31. The smallest absolute Gasteiger partial charge is 0.252 e. The third-order valence-electron chi connectivity index (χ3n) is 4.86. The van der Waals surface area contributed by atoms with Gasteiger partial charge in [-0.2, -0.15) is 0 Å². The molecule has 0 bridgehead atoms. The van der Waals surface area contributed by atoms with Crippen molar-refractivity contribution in [3.8, 4) is 11.5 Å². The van der Waals surface area contributed by atoms with E-state index in [1.54, 1.807) is 20.3 Å². The number of carbonyl (C=O) groups excluding carboxylic acids is 1. The minimum atomic E-state index is -0.101. The molecule has 1 atom stereocenters. The molecule has 0 saturated heterocycles. The molecule has 152 valence electrons. The fourth-order valence-electron chi connectivity index (χ4n) is 3.29. The summed E-state index contributed by atoms with van der Waals surface area (Å²) in [5.41, 5.74) is 1.87. The van der Waals surface area contributed by atoms with Crippen LogP contribution in [0.5, 0.6) is 11.5 Å². The van der Waals surface area contributed by atoms with Crippen molar-refractivity contribution in [2.45, 2.75) is 26.3 Å². The second-order valence-electron chi connectivity index (χ2n) is 6.46. The summed E-state index contributed by atoms with van der Waals surface area (Å²) < 4.78 is 11.5. The molecular formula is C22H29IN2O3. The maximum Gasteiger partial charge on any atom is 0.252 e. The molecule has 2 aromatic carbocycles. The Morgan fingerprint density at radius 3 is 2.25 bits per heavy atom. The van der Waals surface area contributed by atoms with Gasteiger partial charge >= 0.3 is 0 Å². The quantitative estimate of drug-likeness (QED) is 0.506. The minimum Gasteiger partial charge on any atom is -0.493 e. The SMILES string of the molecule is CCN(CC)C(CNC(=O)c1cc(OC)c(OC)cc1I)Cc1ccccc1. The van der Waals surface area contributed by atoms with Crippen molar-refractivity contribution in [1.29, 1.82) is 0 Å². The van der Waals surface area contributed by atoms with Gasteiger partial charge in [0.1, 0.15) is 0 Å². The van der Waals surface area contributed by atoms with Crippen LogP contribution in [0.3, 0.4) is 0 Å². The maximum absolute atomic E-state index is 12.9. The third-order valence-corrected chi connectivity index (χ3v) is 5.75. The van der Waals surface area contributed by atoms with E-state index < -0.39 is 0 Å². The number of likely N-dealkylation sites (N-methyl/N-ethyl adjacent to an activating group) is 1. The first-order chi connectivity index (χ1) is 13.5. The number of methoxy groups -OCH3 is 2. The van der Waals surface area contributed by atoms with E-state index in [2.05, 4.69) is 70.9 Å². The first-order valence-electron chi connectivity index (χ1n) is 9.51. The van der Waals surface area contributed by atoms with Crippen LogP contribution in [0.15, 0.2) is 42.5 Å². The van der Waals surface area contributed by atoms with Crippen LogP contribution < -0.4 is 14.8 Å². The molecule has 0 radical (unpaired) electrons. The lowest BCUT2D eigenvalue weighted by molar-refractivity contribution is 0.0933. The first-order valence-corrected chi connectivity index (χ1v) is 10.6. The van der Waals surface area contributed by atoms with Crippen LogP contribution in [-0.4, -0.2) is 50.7 Å². The van der Waals surface area contributed by atoms with Crippen LogP contribution in [0, 0.1) is 3.57 Å². The van der Waals surface area contributed by atoms with Crippen LogP contribution >= 0.6 is 22.6 Å². The van der Waals surface area contributed by atoms with Gasteiger partial charge in [-0.1, -0.05) is 44.2 Å². The molecule has 0 heterocycles. The van der Waals surface area contributed by atoms with Gasteiger partial charge in [-0.3, -0.25) is 9.69 Å². The Morgan fingerprint density at radius 1 is 1.07 bits per heavy atom. The predicted molar refractivity (Wildman–Crippen MR) is 121 cm³/mol. The third kappa shape index (κ3) is 5.85. The maximum atomic E-state index is 12.9. The van der Waals surface area contributed by atoms with Gasteiger partial charge in [-0.15, -0.1) is 0 Å². The van der Waals surface area contributed by atoms with Gasteiger partial charge in [0, 0.05) is 16.2 Å². The summed E-state index contributed by atoms with van der Waals surface area (Å²) in [6, 6.07) is 14.2. The van der Waals surface area contributed by atoms with Gasteiger partial charge in [-0.05, 0) is 59.8 Å². The van der Waals surface area contributed by atoms with Crippen LogP contribution in [0.4, 0.5) is 0 Å². The van der Waals surface area contributed by atoms with E-state index in [1.807, 2.05) is 12.1 Å². The topological polar surface area (TPSA) is 50.8 Å². The van der Waals surface area contributed by atoms with E-state index in [1.165, 1.54) is 5.56 Å². The molecule has 6 heteroatoms. The zero-order valence-electron chi connectivity index (χ0n) is 17.0. The van der Waals surface area contributed by atoms with Gasteiger partial charge in [-0.25, -0.2) is 0 Å². The highest BCUT2D eigenvalue weighted by molar-refractivity contribution is 14.1. The Balaban J connectivity index is 2.14. The standard InChI is InChI=1S/C22H29IN2O3/c1-5-25(6-2)17(12-16-10-8-7-9-11-16)15-24-22(26)18-13-20(27-3)21(28-4)14-19(18)23/h7-11,13-14,17H,5-6,12,15H2,1-4H3,(H,24,26). The number of hydrogen-bond acceptors (Lipinski definition) is 4. The van der Waals surface area contributed by atoms with Gasteiger partial charge in [0.15, 0.2) is 11.5 Å². The van der Waals surface area contributed by atoms with Crippen molar-refractivity contribution in [3.05, 3.63) is 57.2 Å². The Labute approximate surface area is 181 Å². The zero-order chi connectivity index (χ0) is 20.5. The lowest BCUT2D eigenvalue weighted by Gasteiger charge is -2.30. The van der Waals surface area contributed by atoms with E-state index in [0.29, 0.717) is 23.6 Å². The number of ether oxygens (including phenoxy) is 2. The summed E-state index contributed by atoms with van der Waals surface area (Å²) in [6.45, 7) is 6.77. The number of carbonyl (C=O) groups is 1. The Bertz CT molecular complexity index is 764. The molecule has 1 N–H and O–H groups in total. The van der Waals surface area contributed by atoms with Crippen LogP contribution in [0.1, 0.15) is 29.8 Å². The lowest BCUT2D eigenvalue weighted by Crippen LogP contribution is -2.45. The van der Waals surface area contributed by atoms with E-state index in [4.69, 9.17) is 9.47 Å². The Kier molecular flexibility index (Phi) is 9.05. The Hall–Kier alpha value is -1.80. The molecule has 2 rings (SSSR count). The lowest BCUT2D eigenvalue weighted by atomic mass is 10.0. The molecule has 28 heavy (non-hydrogen) atoms. The summed E-state index contributed by atoms with van der Waals surface area (Å²) in [7, 11) is 3.16. The molecule has 0 fully saturated rings. The average molecular weight is 496 g/mol. The second kappa shape index (κ2) is 11.3. The monoisotopic (exact) mass is 496 g/mol. The fourth-order valence-corrected chi connectivity index (χ4v) is 3.97.